The number of hydrogen-bond acceptors (Lipinski definition) is 20. The molecule has 6 rings (SSSR count). The zero-order valence-electron chi connectivity index (χ0n) is 54.4. The van der Waals surface area contributed by atoms with Crippen LogP contribution in [0.15, 0.2) is 98.6 Å². The molecule has 2 aromatic heterocycles. The predicted molar refractivity (Wildman–Crippen MR) is 359 cm³/mol. The van der Waals surface area contributed by atoms with E-state index < -0.39 is 35.3 Å². The molecule has 26 nitrogen and oxygen atoms in total. The lowest BCUT2D eigenvalue weighted by atomic mass is 10.1. The fourth-order valence-corrected chi connectivity index (χ4v) is 9.48. The van der Waals surface area contributed by atoms with E-state index in [-0.39, 0.29) is 85.1 Å². The number of methoxy groups -OCH3 is 6. The van der Waals surface area contributed by atoms with Crippen molar-refractivity contribution >= 4 is 123 Å². The van der Waals surface area contributed by atoms with Gasteiger partial charge in [-0.3, -0.25) is 24.2 Å². The number of carbonyl (C=O) groups excluding carboxylic acids is 6. The van der Waals surface area contributed by atoms with E-state index in [0.29, 0.717) is 76.9 Å². The van der Waals surface area contributed by atoms with Gasteiger partial charge in [-0.1, -0.05) is 65.6 Å². The van der Waals surface area contributed by atoms with Gasteiger partial charge in [0, 0.05) is 82.4 Å². The number of aromatic nitrogens is 4. The Morgan fingerprint density at radius 2 is 1.00 bits per heavy atom. The minimum atomic E-state index is -1.14. The summed E-state index contributed by atoms with van der Waals surface area (Å²) in [6.07, 6.45) is 2.86. The molecule has 2 heterocycles. The van der Waals surface area contributed by atoms with Crippen LogP contribution >= 0.6 is 46.4 Å². The van der Waals surface area contributed by atoms with Gasteiger partial charge in [-0.15, -0.1) is 0 Å². The van der Waals surface area contributed by atoms with E-state index in [1.807, 2.05) is 6.07 Å². The van der Waals surface area contributed by atoms with Gasteiger partial charge in [0.1, 0.15) is 105 Å². The monoisotopic (exact) mass is 1380 g/mol. The number of rotatable bonds is 25. The van der Waals surface area contributed by atoms with Gasteiger partial charge in [-0.2, -0.15) is 4.90 Å². The molecule has 30 heteroatoms. The predicted octanol–water partition coefficient (Wildman–Crippen LogP) is 12.8. The summed E-state index contributed by atoms with van der Waals surface area (Å²) in [6, 6.07) is 14.8. The third-order valence-corrected chi connectivity index (χ3v) is 14.3. The van der Waals surface area contributed by atoms with E-state index in [1.54, 1.807) is 86.0 Å². The molecule has 2 N–H and O–H groups in total. The molecule has 0 spiro atoms. The topological polar surface area (TPSA) is 283 Å². The number of imide groups is 1. The average Bonchev–Trinajstić information content (AvgIpc) is 0.780. The van der Waals surface area contributed by atoms with E-state index in [1.165, 1.54) is 84.2 Å². The van der Waals surface area contributed by atoms with Crippen molar-refractivity contribution in [3.8, 4) is 34.5 Å². The molecule has 0 aliphatic heterocycles. The van der Waals surface area contributed by atoms with Crippen molar-refractivity contribution in [2.24, 2.45) is 0 Å². The molecule has 0 saturated carbocycles. The second kappa shape index (κ2) is 34.6. The fraction of sp³-hybridized carbons (Fsp3) is 0.344. The number of ether oxygens (including phenoxy) is 10. The van der Waals surface area contributed by atoms with Crippen LogP contribution in [0.2, 0.25) is 20.1 Å². The second-order valence-corrected chi connectivity index (χ2v) is 23.1. The Morgan fingerprint density at radius 3 is 1.50 bits per heavy atom. The third-order valence-electron chi connectivity index (χ3n) is 12.7. The van der Waals surface area contributed by atoms with Crippen LogP contribution in [0.3, 0.4) is 0 Å². The Balaban J connectivity index is 0.000000356. The first-order valence-corrected chi connectivity index (χ1v) is 29.8. The average molecular weight is 1380 g/mol. The van der Waals surface area contributed by atoms with Gasteiger partial charge in [0.15, 0.2) is 0 Å². The van der Waals surface area contributed by atoms with E-state index >= 15 is 0 Å². The normalized spacial score (nSPS) is 10.9. The molecule has 94 heavy (non-hydrogen) atoms. The molecule has 0 bridgehead atoms. The molecule has 0 aliphatic rings. The summed E-state index contributed by atoms with van der Waals surface area (Å²) in [4.78, 5) is 101. The number of carbonyl (C=O) groups is 6. The minimum absolute atomic E-state index is 0.0451. The summed E-state index contributed by atoms with van der Waals surface area (Å²) >= 11 is 26.2. The van der Waals surface area contributed by atoms with E-state index in [0.717, 1.165) is 27.8 Å². The Kier molecular flexibility index (Phi) is 27.8. The standard InChI is InChI=1S/C36H44Cl2N6O10.C28H30Cl2N4O6/c1-12-28(45)41-22-17-21(52-16-15-49-9)13-14-23(22)43(33(47)53-35(2,3)4)27-19-26(39-20-40-27)42(8)32(46)44(34(48)54-36(5,6)7)31-29(37)24(50-10)18-25(51-11)30(31)38;1-6-25(35)33-21-13-19(40-10-9-37-3)8-7-17(21)11-18-12-24(32-16-31-18)34(2)26(36)14-20-27(29)22(38-4)15-23(39-5)28(20)30/h12-14,17-20H,1,15-16H2,2-11H3,(H,41,45);6-8,12-13,15-16H,1,9-11,14H2,2-5H3,(H,33,35). The summed E-state index contributed by atoms with van der Waals surface area (Å²) in [5.41, 5.74) is 0.209. The van der Waals surface area contributed by atoms with Crippen LogP contribution in [-0.4, -0.2) is 150 Å². The lowest BCUT2D eigenvalue weighted by molar-refractivity contribution is -0.117. The van der Waals surface area contributed by atoms with Crippen molar-refractivity contribution in [2.75, 3.05) is 113 Å². The lowest BCUT2D eigenvalue weighted by Gasteiger charge is -2.31. The van der Waals surface area contributed by atoms with Gasteiger partial charge in [0.05, 0.1) is 75.2 Å². The second-order valence-electron chi connectivity index (χ2n) is 21.6. The van der Waals surface area contributed by atoms with Crippen molar-refractivity contribution in [3.63, 3.8) is 0 Å². The van der Waals surface area contributed by atoms with Crippen LogP contribution in [0.1, 0.15) is 58.4 Å². The molecule has 0 radical (unpaired) electrons. The quantitative estimate of drug-likeness (QED) is 0.0398. The van der Waals surface area contributed by atoms with E-state index in [4.69, 9.17) is 93.8 Å². The van der Waals surface area contributed by atoms with Gasteiger partial charge in [-0.05, 0) is 77.5 Å². The van der Waals surface area contributed by atoms with Crippen LogP contribution < -0.4 is 58.7 Å². The van der Waals surface area contributed by atoms with Crippen molar-refractivity contribution < 1.29 is 76.1 Å². The fourth-order valence-electron chi connectivity index (χ4n) is 8.17. The van der Waals surface area contributed by atoms with Gasteiger partial charge >= 0.3 is 18.2 Å². The van der Waals surface area contributed by atoms with Gasteiger partial charge in [-0.25, -0.2) is 39.2 Å². The summed E-state index contributed by atoms with van der Waals surface area (Å²) in [6.45, 7) is 18.1. The lowest BCUT2D eigenvalue weighted by Crippen LogP contribution is -2.48. The zero-order chi connectivity index (χ0) is 69.8. The largest absolute Gasteiger partial charge is 0.495 e. The number of benzene rings is 4. The van der Waals surface area contributed by atoms with Gasteiger partial charge in [0.25, 0.3) is 0 Å². The maximum atomic E-state index is 14.4. The number of amides is 7. The molecule has 0 fully saturated rings. The molecule has 0 aliphatic carbocycles. The molecule has 504 valence electrons. The number of nitrogens with zero attached hydrogens (tertiary/aromatic N) is 8. The smallest absolute Gasteiger partial charge is 0.423 e. The number of urea groups is 1. The van der Waals surface area contributed by atoms with Crippen LogP contribution in [0.5, 0.6) is 34.5 Å². The van der Waals surface area contributed by atoms with Crippen LogP contribution in [0.25, 0.3) is 0 Å². The molecular weight excluding hydrogens is 1310 g/mol. The maximum Gasteiger partial charge on any atom is 0.423 e. The van der Waals surface area contributed by atoms with Crippen molar-refractivity contribution in [3.05, 3.63) is 136 Å². The zero-order valence-corrected chi connectivity index (χ0v) is 57.4. The summed E-state index contributed by atoms with van der Waals surface area (Å²) in [7, 11) is 11.6. The highest BCUT2D eigenvalue weighted by Gasteiger charge is 2.38. The Labute approximate surface area is 564 Å². The highest BCUT2D eigenvalue weighted by molar-refractivity contribution is 6.43. The molecular formula is C64H74Cl4N10O16. The summed E-state index contributed by atoms with van der Waals surface area (Å²) < 4.78 is 54.1. The minimum Gasteiger partial charge on any atom is -0.495 e. The van der Waals surface area contributed by atoms with Crippen molar-refractivity contribution in [1.82, 2.24) is 19.9 Å². The van der Waals surface area contributed by atoms with Crippen LogP contribution in [-0.2, 0) is 46.2 Å². The first kappa shape index (κ1) is 75.5. The molecule has 6 aromatic rings. The first-order chi connectivity index (χ1) is 44.5. The Bertz CT molecular complexity index is 3680. The number of nitrogens with one attached hydrogen (secondary N) is 2. The van der Waals surface area contributed by atoms with Crippen LogP contribution in [0.4, 0.5) is 54.6 Å². The number of halogens is 4. The summed E-state index contributed by atoms with van der Waals surface area (Å²) in [5, 5.41) is 5.54. The number of hydrogen-bond donors (Lipinski definition) is 2. The Hall–Kier alpha value is -9.18. The molecule has 0 unspecified atom stereocenters. The molecule has 4 aromatic carbocycles. The molecule has 0 atom stereocenters. The summed E-state index contributed by atoms with van der Waals surface area (Å²) in [5.74, 6) is 0.583. The maximum absolute atomic E-state index is 14.4. The van der Waals surface area contributed by atoms with Crippen molar-refractivity contribution in [1.29, 1.82) is 0 Å². The SMILES string of the molecule is C=CC(=O)Nc1cc(OCCOC)ccc1Cc1cc(N(C)C(=O)Cc2c(Cl)c(OC)cc(OC)c2Cl)ncn1.C=CC(=O)Nc1cc(OCCOC)ccc1N(C(=O)OC(C)(C)C)c1cc(N(C)C(=O)N(C(=O)OC(C)(C)C)c2c(Cl)c(OC)cc(OC)c2Cl)ncn1. The Morgan fingerprint density at radius 1 is 0.543 bits per heavy atom. The van der Waals surface area contributed by atoms with E-state index in [9.17, 15) is 28.8 Å². The van der Waals surface area contributed by atoms with Crippen LogP contribution in [0, 0.1) is 0 Å². The highest BCUT2D eigenvalue weighted by Crippen LogP contribution is 2.47. The van der Waals surface area contributed by atoms with Gasteiger partial charge < -0.3 is 58.0 Å². The molecule has 7 amide bonds. The number of anilines is 7. The van der Waals surface area contributed by atoms with Crippen molar-refractivity contribution in [2.45, 2.75) is 65.6 Å². The van der Waals surface area contributed by atoms with Gasteiger partial charge in [0.2, 0.25) is 17.7 Å². The van der Waals surface area contributed by atoms with E-state index in [2.05, 4.69) is 43.7 Å². The first-order valence-electron chi connectivity index (χ1n) is 28.3. The number of likely N-dealkylation sites (N-methyl/N-ethyl adjacent to an activating group) is 1. The molecule has 0 saturated heterocycles. The highest BCUT2D eigenvalue weighted by atomic mass is 35.5. The third kappa shape index (κ3) is 20.4.